The Morgan fingerprint density at radius 1 is 1.00 bits per heavy atom. The molecule has 0 radical (unpaired) electrons. The van der Waals surface area contributed by atoms with Crippen molar-refractivity contribution < 1.29 is 14.4 Å². The first-order valence-electron chi connectivity index (χ1n) is 9.94. The molecule has 0 rings (SSSR count). The minimum Gasteiger partial charge on any atom is -0.370 e. The molecule has 0 fully saturated rings. The van der Waals surface area contributed by atoms with Crippen molar-refractivity contribution in [2.75, 3.05) is 6.54 Å². The molecular weight excluding hydrogens is 390 g/mol. The van der Waals surface area contributed by atoms with Gasteiger partial charge in [-0.15, -0.1) is 0 Å². The van der Waals surface area contributed by atoms with Crippen LogP contribution in [0, 0.1) is 11.8 Å². The zero-order valence-corrected chi connectivity index (χ0v) is 18.2. The Balaban J connectivity index is 5.20. The quantitative estimate of drug-likeness (QED) is 0.0818. The number of nitrogens with two attached hydrogens (primary N) is 4. The molecule has 0 aliphatic rings. The van der Waals surface area contributed by atoms with E-state index in [1.807, 2.05) is 27.7 Å². The van der Waals surface area contributed by atoms with Crippen LogP contribution >= 0.6 is 0 Å². The number of hydrogen-bond donors (Lipinski definition) is 7. The molecule has 0 aromatic heterocycles. The van der Waals surface area contributed by atoms with E-state index < -0.39 is 24.2 Å². The van der Waals surface area contributed by atoms with E-state index in [0.717, 1.165) is 0 Å². The van der Waals surface area contributed by atoms with Gasteiger partial charge in [0.2, 0.25) is 11.8 Å². The van der Waals surface area contributed by atoms with E-state index in [9.17, 15) is 14.4 Å². The summed E-state index contributed by atoms with van der Waals surface area (Å²) in [5.41, 5.74) is 23.6. The number of guanidine groups is 1. The van der Waals surface area contributed by atoms with Crippen molar-refractivity contribution in [2.45, 2.75) is 65.1 Å². The first kappa shape index (κ1) is 27.1. The van der Waals surface area contributed by atoms with Gasteiger partial charge in [0, 0.05) is 12.8 Å². The lowest BCUT2D eigenvalue weighted by Crippen LogP contribution is -2.55. The zero-order valence-electron chi connectivity index (χ0n) is 18.2. The smallest absolute Gasteiger partial charge is 0.332 e. The molecule has 11 N–H and O–H groups in total. The number of amides is 4. The van der Waals surface area contributed by atoms with Crippen molar-refractivity contribution in [1.29, 1.82) is 0 Å². The van der Waals surface area contributed by atoms with E-state index in [2.05, 4.69) is 26.2 Å². The molecule has 172 valence electrons. The fraction of sp³-hybridized carbons (Fsp3) is 0.722. The third-order valence-electron chi connectivity index (χ3n) is 4.09. The molecule has 30 heavy (non-hydrogen) atoms. The molecule has 0 aromatic carbocycles. The molecule has 0 saturated carbocycles. The summed E-state index contributed by atoms with van der Waals surface area (Å²) in [5.74, 6) is -0.713. The van der Waals surface area contributed by atoms with Crippen LogP contribution < -0.4 is 39.0 Å². The van der Waals surface area contributed by atoms with Crippen molar-refractivity contribution in [3.05, 3.63) is 0 Å². The Bertz CT molecular complexity index is 616. The zero-order chi connectivity index (χ0) is 23.3. The SMILES string of the molecule is CC(C)C[C@H](NC(=O)[C@@H](N)C(C)C)C(=O)N[C@H](/C=N/NC(N)=O)CCCN=C(N)N. The second-order valence-electron chi connectivity index (χ2n) is 7.78. The Labute approximate surface area is 177 Å². The van der Waals surface area contributed by atoms with Crippen molar-refractivity contribution >= 4 is 30.0 Å². The summed E-state index contributed by atoms with van der Waals surface area (Å²) >= 11 is 0. The van der Waals surface area contributed by atoms with Crippen LogP contribution in [-0.4, -0.2) is 54.7 Å². The number of nitrogens with one attached hydrogen (secondary N) is 3. The summed E-state index contributed by atoms with van der Waals surface area (Å²) in [6.07, 6.45) is 2.78. The van der Waals surface area contributed by atoms with Crippen LogP contribution in [0.3, 0.4) is 0 Å². The molecule has 4 amide bonds. The maximum absolute atomic E-state index is 12.8. The van der Waals surface area contributed by atoms with Crippen LogP contribution in [0.15, 0.2) is 10.1 Å². The highest BCUT2D eigenvalue weighted by atomic mass is 16.2. The highest BCUT2D eigenvalue weighted by Crippen LogP contribution is 2.08. The summed E-state index contributed by atoms with van der Waals surface area (Å²) in [4.78, 5) is 39.9. The topological polar surface area (TPSA) is 216 Å². The average molecular weight is 428 g/mol. The Kier molecular flexibility index (Phi) is 12.8. The molecule has 3 atom stereocenters. The van der Waals surface area contributed by atoms with Gasteiger partial charge in [0.25, 0.3) is 0 Å². The number of nitrogens with zero attached hydrogens (tertiary/aromatic N) is 2. The average Bonchev–Trinajstić information content (AvgIpc) is 2.62. The molecule has 0 saturated heterocycles. The molecule has 0 bridgehead atoms. The minimum absolute atomic E-state index is 0.0270. The van der Waals surface area contributed by atoms with Crippen LogP contribution in [0.25, 0.3) is 0 Å². The second-order valence-corrected chi connectivity index (χ2v) is 7.78. The van der Waals surface area contributed by atoms with Gasteiger partial charge in [-0.05, 0) is 31.1 Å². The molecule has 0 spiro atoms. The number of urea groups is 1. The predicted molar refractivity (Wildman–Crippen MR) is 117 cm³/mol. The molecule has 0 aromatic rings. The molecule has 0 unspecified atom stereocenters. The van der Waals surface area contributed by atoms with Crippen molar-refractivity contribution in [3.63, 3.8) is 0 Å². The van der Waals surface area contributed by atoms with Gasteiger partial charge < -0.3 is 33.6 Å². The van der Waals surface area contributed by atoms with Crippen molar-refractivity contribution in [1.82, 2.24) is 16.1 Å². The lowest BCUT2D eigenvalue weighted by molar-refractivity contribution is -0.130. The summed E-state index contributed by atoms with van der Waals surface area (Å²) in [6.45, 7) is 7.91. The summed E-state index contributed by atoms with van der Waals surface area (Å²) in [5, 5.41) is 9.25. The van der Waals surface area contributed by atoms with Crippen molar-refractivity contribution in [3.8, 4) is 0 Å². The molecule has 12 nitrogen and oxygen atoms in total. The predicted octanol–water partition coefficient (Wildman–Crippen LogP) is -1.31. The third kappa shape index (κ3) is 12.5. The van der Waals surface area contributed by atoms with Crippen molar-refractivity contribution in [2.24, 2.45) is 44.9 Å². The largest absolute Gasteiger partial charge is 0.370 e. The summed E-state index contributed by atoms with van der Waals surface area (Å²) in [6, 6.07) is -2.85. The number of hydrazone groups is 1. The van der Waals surface area contributed by atoms with E-state index in [1.165, 1.54) is 6.21 Å². The first-order chi connectivity index (χ1) is 13.9. The van der Waals surface area contributed by atoms with Crippen LogP contribution in [0.1, 0.15) is 47.0 Å². The standard InChI is InChI=1S/C18H37N9O3/c1-10(2)8-13(26-16(29)14(19)11(3)4)15(28)25-12(9-24-27-18(22)30)6-5-7-23-17(20)21/h9-14H,5-8,19H2,1-4H3,(H,25,28)(H,26,29)(H4,20,21,23)(H3,22,27,30)/b24-9+/t12-,13-,14-/m0/s1. The lowest BCUT2D eigenvalue weighted by atomic mass is 10.00. The van der Waals surface area contributed by atoms with Gasteiger partial charge in [0.15, 0.2) is 5.96 Å². The van der Waals surface area contributed by atoms with Gasteiger partial charge in [-0.25, -0.2) is 10.2 Å². The normalized spacial score (nSPS) is 14.2. The Morgan fingerprint density at radius 3 is 2.13 bits per heavy atom. The number of carbonyl (C=O) groups is 3. The van der Waals surface area contributed by atoms with Gasteiger partial charge >= 0.3 is 6.03 Å². The monoisotopic (exact) mass is 427 g/mol. The lowest BCUT2D eigenvalue weighted by Gasteiger charge is -2.25. The van der Waals surface area contributed by atoms with E-state index >= 15 is 0 Å². The fourth-order valence-electron chi connectivity index (χ4n) is 2.45. The first-order valence-corrected chi connectivity index (χ1v) is 9.94. The Morgan fingerprint density at radius 2 is 1.63 bits per heavy atom. The van der Waals surface area contributed by atoms with Gasteiger partial charge in [0.1, 0.15) is 6.04 Å². The maximum atomic E-state index is 12.8. The molecule has 0 heterocycles. The number of carbonyl (C=O) groups excluding carboxylic acids is 3. The van der Waals surface area contributed by atoms with Crippen LogP contribution in [0.5, 0.6) is 0 Å². The summed E-state index contributed by atoms with van der Waals surface area (Å²) < 4.78 is 0. The molecule has 12 heteroatoms. The number of hydrogen-bond acceptors (Lipinski definition) is 6. The van der Waals surface area contributed by atoms with Gasteiger partial charge in [-0.3, -0.25) is 14.6 Å². The van der Waals surface area contributed by atoms with E-state index in [1.54, 1.807) is 0 Å². The van der Waals surface area contributed by atoms with E-state index in [4.69, 9.17) is 22.9 Å². The van der Waals surface area contributed by atoms with E-state index in [0.29, 0.717) is 25.8 Å². The third-order valence-corrected chi connectivity index (χ3v) is 4.09. The Hall–Kier alpha value is -2.89. The van der Waals surface area contributed by atoms with Gasteiger partial charge in [-0.2, -0.15) is 5.10 Å². The molecule has 0 aliphatic carbocycles. The second kappa shape index (κ2) is 14.1. The summed E-state index contributed by atoms with van der Waals surface area (Å²) in [7, 11) is 0. The van der Waals surface area contributed by atoms with Crippen LogP contribution in [0.4, 0.5) is 4.79 Å². The highest BCUT2D eigenvalue weighted by molar-refractivity contribution is 5.91. The van der Waals surface area contributed by atoms with E-state index in [-0.39, 0.29) is 29.6 Å². The number of aliphatic imine (C=N–C) groups is 1. The fourth-order valence-corrected chi connectivity index (χ4v) is 2.45. The highest BCUT2D eigenvalue weighted by Gasteiger charge is 2.27. The number of primary amides is 1. The van der Waals surface area contributed by atoms with Gasteiger partial charge in [-0.1, -0.05) is 27.7 Å². The van der Waals surface area contributed by atoms with Crippen LogP contribution in [-0.2, 0) is 9.59 Å². The molecule has 0 aliphatic heterocycles. The minimum atomic E-state index is -0.829. The number of rotatable bonds is 13. The van der Waals surface area contributed by atoms with Gasteiger partial charge in [0.05, 0.1) is 12.1 Å². The van der Waals surface area contributed by atoms with Crippen LogP contribution in [0.2, 0.25) is 0 Å². The maximum Gasteiger partial charge on any atom is 0.332 e. The molecular formula is C18H37N9O3.